The number of nitrogens with zero attached hydrogens (tertiary/aromatic N) is 1. The van der Waals surface area contributed by atoms with Gasteiger partial charge in [0.15, 0.2) is 0 Å². The van der Waals surface area contributed by atoms with Crippen LogP contribution in [-0.4, -0.2) is 12.1 Å². The van der Waals surface area contributed by atoms with Crippen molar-refractivity contribution < 1.29 is 4.84 Å². The molecule has 1 aromatic carbocycles. The monoisotopic (exact) mass is 220 g/mol. The molecule has 15 heavy (non-hydrogen) atoms. The minimum Gasteiger partial charge on any atom is -0.305 e. The van der Waals surface area contributed by atoms with E-state index in [0.29, 0.717) is 6.54 Å². The Bertz CT molecular complexity index is 414. The van der Waals surface area contributed by atoms with Crippen molar-refractivity contribution in [2.45, 2.75) is 6.54 Å². The Morgan fingerprint density at radius 3 is 2.87 bits per heavy atom. The van der Waals surface area contributed by atoms with Crippen molar-refractivity contribution in [3.63, 3.8) is 0 Å². The Labute approximate surface area is 92.7 Å². The average molecular weight is 220 g/mol. The summed E-state index contributed by atoms with van der Waals surface area (Å²) in [5.41, 5.74) is 4.95. The van der Waals surface area contributed by atoms with Gasteiger partial charge < -0.3 is 4.84 Å². The maximum Gasteiger partial charge on any atom is 0.109 e. The highest BCUT2D eigenvalue weighted by atomic mass is 32.1. The summed E-state index contributed by atoms with van der Waals surface area (Å²) in [5, 5.41) is 3.08. The van der Waals surface area contributed by atoms with Crippen molar-refractivity contribution in [1.82, 2.24) is 10.5 Å². The summed E-state index contributed by atoms with van der Waals surface area (Å²) in [6.07, 6.45) is 0. The molecule has 0 aliphatic carbocycles. The number of rotatable bonds is 4. The van der Waals surface area contributed by atoms with Crippen LogP contribution in [0, 0.1) is 0 Å². The zero-order valence-electron chi connectivity index (χ0n) is 8.43. The summed E-state index contributed by atoms with van der Waals surface area (Å²) < 4.78 is 0. The number of benzene rings is 1. The van der Waals surface area contributed by atoms with Crippen LogP contribution in [0.15, 0.2) is 35.7 Å². The number of hydrogen-bond acceptors (Lipinski definition) is 4. The Morgan fingerprint density at radius 1 is 1.33 bits per heavy atom. The van der Waals surface area contributed by atoms with Gasteiger partial charge in [-0.3, -0.25) is 0 Å². The number of nitrogens with one attached hydrogen (secondary N) is 1. The number of thiazole rings is 1. The molecule has 0 saturated heterocycles. The fourth-order valence-electron chi connectivity index (χ4n) is 1.27. The Morgan fingerprint density at radius 2 is 2.13 bits per heavy atom. The van der Waals surface area contributed by atoms with Gasteiger partial charge in [0.25, 0.3) is 0 Å². The lowest BCUT2D eigenvalue weighted by Gasteiger charge is -1.96. The molecule has 1 aromatic heterocycles. The highest BCUT2D eigenvalue weighted by Gasteiger charge is 2.02. The molecule has 0 bridgehead atoms. The van der Waals surface area contributed by atoms with Gasteiger partial charge in [0.1, 0.15) is 5.01 Å². The summed E-state index contributed by atoms with van der Waals surface area (Å²) in [6, 6.07) is 10.2. The van der Waals surface area contributed by atoms with Gasteiger partial charge in [-0.05, 0) is 0 Å². The lowest BCUT2D eigenvalue weighted by atomic mass is 10.2. The predicted octanol–water partition coefficient (Wildman–Crippen LogP) is 2.46. The van der Waals surface area contributed by atoms with Gasteiger partial charge in [-0.2, -0.15) is 5.48 Å². The second kappa shape index (κ2) is 5.02. The van der Waals surface area contributed by atoms with E-state index in [-0.39, 0.29) is 0 Å². The Hall–Kier alpha value is -1.23. The predicted molar refractivity (Wildman–Crippen MR) is 61.4 cm³/mol. The lowest BCUT2D eigenvalue weighted by molar-refractivity contribution is 0.0867. The molecule has 2 aromatic rings. The summed E-state index contributed by atoms with van der Waals surface area (Å²) in [7, 11) is 1.60. The van der Waals surface area contributed by atoms with Gasteiger partial charge in [-0.1, -0.05) is 30.3 Å². The quantitative estimate of drug-likeness (QED) is 0.804. The third kappa shape index (κ3) is 2.62. The average Bonchev–Trinajstić information content (AvgIpc) is 2.76. The molecule has 0 radical (unpaired) electrons. The third-order valence-corrected chi connectivity index (χ3v) is 2.84. The molecule has 0 unspecified atom stereocenters. The standard InChI is InChI=1S/C11H12N2OS/c1-14-12-7-11-13-10(8-15-11)9-5-3-2-4-6-9/h2-6,8,12H,7H2,1H3. The van der Waals surface area contributed by atoms with Crippen molar-refractivity contribution in [2.75, 3.05) is 7.11 Å². The van der Waals surface area contributed by atoms with E-state index in [1.54, 1.807) is 18.4 Å². The van der Waals surface area contributed by atoms with Crippen molar-refractivity contribution in [2.24, 2.45) is 0 Å². The summed E-state index contributed by atoms with van der Waals surface area (Å²) >= 11 is 1.63. The first kappa shape index (κ1) is 10.3. The van der Waals surface area contributed by atoms with Crippen LogP contribution in [0.25, 0.3) is 11.3 Å². The van der Waals surface area contributed by atoms with Crippen LogP contribution in [0.5, 0.6) is 0 Å². The molecule has 0 saturated carbocycles. The van der Waals surface area contributed by atoms with Gasteiger partial charge >= 0.3 is 0 Å². The molecule has 0 aliphatic rings. The SMILES string of the molecule is CONCc1nc(-c2ccccc2)cs1. The molecule has 0 fully saturated rings. The van der Waals surface area contributed by atoms with E-state index in [1.807, 2.05) is 18.2 Å². The highest BCUT2D eigenvalue weighted by molar-refractivity contribution is 7.09. The van der Waals surface area contributed by atoms with Crippen LogP contribution < -0.4 is 5.48 Å². The van der Waals surface area contributed by atoms with E-state index in [2.05, 4.69) is 28.0 Å². The first-order valence-corrected chi connectivity index (χ1v) is 5.54. The van der Waals surface area contributed by atoms with Crippen molar-refractivity contribution in [1.29, 1.82) is 0 Å². The first-order valence-electron chi connectivity index (χ1n) is 4.66. The Kier molecular flexibility index (Phi) is 3.45. The van der Waals surface area contributed by atoms with E-state index in [4.69, 9.17) is 4.84 Å². The molecule has 0 amide bonds. The van der Waals surface area contributed by atoms with Crippen LogP contribution >= 0.6 is 11.3 Å². The van der Waals surface area contributed by atoms with E-state index in [0.717, 1.165) is 16.3 Å². The summed E-state index contributed by atoms with van der Waals surface area (Å²) in [5.74, 6) is 0. The second-order valence-corrected chi connectivity index (χ2v) is 3.96. The molecule has 78 valence electrons. The topological polar surface area (TPSA) is 34.1 Å². The normalized spacial score (nSPS) is 10.5. The number of hydrogen-bond donors (Lipinski definition) is 1. The molecule has 0 atom stereocenters. The highest BCUT2D eigenvalue weighted by Crippen LogP contribution is 2.21. The molecule has 4 heteroatoms. The summed E-state index contributed by atoms with van der Waals surface area (Å²) in [6.45, 7) is 0.647. The molecule has 1 N–H and O–H groups in total. The van der Waals surface area contributed by atoms with E-state index >= 15 is 0 Å². The maximum absolute atomic E-state index is 4.78. The molecule has 0 aliphatic heterocycles. The van der Waals surface area contributed by atoms with Crippen LogP contribution in [0.3, 0.4) is 0 Å². The number of aromatic nitrogens is 1. The van der Waals surface area contributed by atoms with Crippen LogP contribution in [0.4, 0.5) is 0 Å². The molecular weight excluding hydrogens is 208 g/mol. The van der Waals surface area contributed by atoms with Gasteiger partial charge in [-0.25, -0.2) is 4.98 Å². The molecular formula is C11H12N2OS. The molecule has 3 nitrogen and oxygen atoms in total. The second-order valence-electron chi connectivity index (χ2n) is 3.02. The van der Waals surface area contributed by atoms with E-state index < -0.39 is 0 Å². The van der Waals surface area contributed by atoms with E-state index in [1.165, 1.54) is 0 Å². The minimum absolute atomic E-state index is 0.647. The largest absolute Gasteiger partial charge is 0.305 e. The zero-order chi connectivity index (χ0) is 10.5. The van der Waals surface area contributed by atoms with E-state index in [9.17, 15) is 0 Å². The van der Waals surface area contributed by atoms with Crippen molar-refractivity contribution in [3.05, 3.63) is 40.7 Å². The third-order valence-electron chi connectivity index (χ3n) is 1.99. The zero-order valence-corrected chi connectivity index (χ0v) is 9.25. The van der Waals surface area contributed by atoms with Gasteiger partial charge in [0, 0.05) is 10.9 Å². The van der Waals surface area contributed by atoms with Crippen LogP contribution in [0.2, 0.25) is 0 Å². The fraction of sp³-hybridized carbons (Fsp3) is 0.182. The van der Waals surface area contributed by atoms with Crippen LogP contribution in [-0.2, 0) is 11.4 Å². The fourth-order valence-corrected chi connectivity index (χ4v) is 2.00. The lowest BCUT2D eigenvalue weighted by Crippen LogP contribution is -2.10. The Balaban J connectivity index is 2.14. The summed E-state index contributed by atoms with van der Waals surface area (Å²) in [4.78, 5) is 9.27. The molecule has 1 heterocycles. The number of hydroxylamine groups is 1. The minimum atomic E-state index is 0.647. The van der Waals surface area contributed by atoms with Crippen molar-refractivity contribution in [3.8, 4) is 11.3 Å². The smallest absolute Gasteiger partial charge is 0.109 e. The van der Waals surface area contributed by atoms with Crippen molar-refractivity contribution >= 4 is 11.3 Å². The molecule has 0 spiro atoms. The van der Waals surface area contributed by atoms with Gasteiger partial charge in [0.2, 0.25) is 0 Å². The maximum atomic E-state index is 4.78. The first-order chi connectivity index (χ1) is 7.40. The van der Waals surface area contributed by atoms with Crippen LogP contribution in [0.1, 0.15) is 5.01 Å². The van der Waals surface area contributed by atoms with Gasteiger partial charge in [-0.15, -0.1) is 11.3 Å². The van der Waals surface area contributed by atoms with Gasteiger partial charge in [0.05, 0.1) is 19.3 Å². The molecule has 2 rings (SSSR count).